The molecule has 0 radical (unpaired) electrons. The molecule has 0 aromatic rings. The van der Waals surface area contributed by atoms with Gasteiger partial charge in [0, 0.05) is 17.9 Å². The summed E-state index contributed by atoms with van der Waals surface area (Å²) in [7, 11) is 0. The second-order valence-electron chi connectivity index (χ2n) is 13.3. The van der Waals surface area contributed by atoms with Crippen molar-refractivity contribution in [3.8, 4) is 0 Å². The topological polar surface area (TPSA) is 94.8 Å². The number of carboxylic acid groups (broad SMARTS) is 2. The first kappa shape index (κ1) is 26.4. The van der Waals surface area contributed by atoms with Crippen LogP contribution in [-0.2, 0) is 9.59 Å². The van der Waals surface area contributed by atoms with E-state index in [0.717, 1.165) is 50.5 Å². The summed E-state index contributed by atoms with van der Waals surface area (Å²) in [6, 6.07) is 0. The van der Waals surface area contributed by atoms with Crippen molar-refractivity contribution in [2.45, 2.75) is 105 Å². The van der Waals surface area contributed by atoms with E-state index in [1.807, 2.05) is 13.0 Å². The standard InChI is InChI=1S/C30H46O5/c1-18(2)25-22(31)16-23-28(6)12-10-21(19(3)8-7-9-20(4)26(34)35)27(28,5)14-15-29(23)17-30(25,29)13-11-24(32)33/h9,19,21-23,25,31H,1,7-8,10-17H2,2-6H3,(H,32,33)(H,34,35)/b20-9+/t19-,21-,22-,23+,25-,27-,28+,29+,30-/m1/s1. The van der Waals surface area contributed by atoms with Gasteiger partial charge < -0.3 is 15.3 Å². The van der Waals surface area contributed by atoms with Crippen LogP contribution in [0, 0.1) is 45.3 Å². The van der Waals surface area contributed by atoms with Crippen LogP contribution in [0.3, 0.4) is 0 Å². The zero-order chi connectivity index (χ0) is 26.0. The molecule has 0 unspecified atom stereocenters. The number of hydrogen-bond donors (Lipinski definition) is 3. The third-order valence-electron chi connectivity index (χ3n) is 12.0. The van der Waals surface area contributed by atoms with Gasteiger partial charge in [0.15, 0.2) is 0 Å². The van der Waals surface area contributed by atoms with Crippen LogP contribution in [0.4, 0.5) is 0 Å². The van der Waals surface area contributed by atoms with Gasteiger partial charge in [0.05, 0.1) is 6.10 Å². The van der Waals surface area contributed by atoms with E-state index in [-0.39, 0.29) is 34.0 Å². The van der Waals surface area contributed by atoms with Gasteiger partial charge in [0.2, 0.25) is 0 Å². The fourth-order valence-corrected chi connectivity index (χ4v) is 10.2. The number of rotatable bonds is 9. The van der Waals surface area contributed by atoms with Crippen LogP contribution < -0.4 is 0 Å². The van der Waals surface area contributed by atoms with Crippen molar-refractivity contribution in [1.29, 1.82) is 0 Å². The summed E-state index contributed by atoms with van der Waals surface area (Å²) >= 11 is 0. The van der Waals surface area contributed by atoms with E-state index in [2.05, 4.69) is 27.4 Å². The average molecular weight is 487 g/mol. The van der Waals surface area contributed by atoms with Crippen molar-refractivity contribution >= 4 is 11.9 Å². The number of aliphatic carboxylic acids is 2. The molecule has 0 aromatic heterocycles. The van der Waals surface area contributed by atoms with Crippen LogP contribution in [-0.4, -0.2) is 33.4 Å². The van der Waals surface area contributed by atoms with Gasteiger partial charge in [-0.05, 0) is 111 Å². The minimum atomic E-state index is -0.838. The average Bonchev–Trinajstić information content (AvgIpc) is 3.34. The van der Waals surface area contributed by atoms with Crippen LogP contribution in [0.2, 0.25) is 0 Å². The Morgan fingerprint density at radius 2 is 1.80 bits per heavy atom. The number of carbonyl (C=O) groups is 2. The van der Waals surface area contributed by atoms with Crippen molar-refractivity contribution in [3.63, 3.8) is 0 Å². The lowest BCUT2D eigenvalue weighted by Gasteiger charge is -2.61. The molecule has 0 amide bonds. The first-order chi connectivity index (χ1) is 16.3. The number of hydrogen-bond acceptors (Lipinski definition) is 3. The van der Waals surface area contributed by atoms with Gasteiger partial charge in [-0.2, -0.15) is 0 Å². The molecule has 5 heteroatoms. The number of aliphatic hydroxyl groups is 1. The maximum Gasteiger partial charge on any atom is 0.330 e. The normalized spacial score (nSPS) is 45.1. The highest BCUT2D eigenvalue weighted by Crippen LogP contribution is 2.87. The second kappa shape index (κ2) is 8.75. The molecule has 5 nitrogen and oxygen atoms in total. The SMILES string of the molecule is C=C(C)[C@@H]1[C@H](O)C[C@@H]2[C@]3(CC[C@]4(C)[C@@H]([C@H](C)CC/C=C(\C)C(=O)O)CC[C@@]24C)C[C@]13CCC(=O)O. The van der Waals surface area contributed by atoms with Gasteiger partial charge in [0.1, 0.15) is 0 Å². The molecule has 4 fully saturated rings. The Morgan fingerprint density at radius 3 is 2.40 bits per heavy atom. The smallest absolute Gasteiger partial charge is 0.330 e. The highest BCUT2D eigenvalue weighted by atomic mass is 16.4. The van der Waals surface area contributed by atoms with E-state index in [4.69, 9.17) is 5.11 Å². The third kappa shape index (κ3) is 3.74. The largest absolute Gasteiger partial charge is 0.481 e. The maximum absolute atomic E-state index is 11.6. The zero-order valence-corrected chi connectivity index (χ0v) is 22.4. The van der Waals surface area contributed by atoms with E-state index in [1.165, 1.54) is 6.42 Å². The van der Waals surface area contributed by atoms with E-state index >= 15 is 0 Å². The molecule has 4 aliphatic carbocycles. The van der Waals surface area contributed by atoms with Gasteiger partial charge >= 0.3 is 11.9 Å². The number of fused-ring (bicyclic) bond motifs is 2. The Labute approximate surface area is 211 Å². The second-order valence-corrected chi connectivity index (χ2v) is 13.3. The van der Waals surface area contributed by atoms with Gasteiger partial charge in [-0.3, -0.25) is 4.79 Å². The van der Waals surface area contributed by atoms with Gasteiger partial charge in [-0.25, -0.2) is 4.79 Å². The molecule has 3 N–H and O–H groups in total. The molecule has 0 bridgehead atoms. The van der Waals surface area contributed by atoms with E-state index in [0.29, 0.717) is 29.7 Å². The van der Waals surface area contributed by atoms with Crippen molar-refractivity contribution in [2.24, 2.45) is 45.3 Å². The molecule has 196 valence electrons. The van der Waals surface area contributed by atoms with Gasteiger partial charge in [-0.1, -0.05) is 39.0 Å². The van der Waals surface area contributed by atoms with E-state index in [1.54, 1.807) is 6.92 Å². The van der Waals surface area contributed by atoms with Crippen LogP contribution >= 0.6 is 0 Å². The Kier molecular flexibility index (Phi) is 6.61. The maximum atomic E-state index is 11.6. The number of carboxylic acids is 2. The van der Waals surface area contributed by atoms with Crippen molar-refractivity contribution in [3.05, 3.63) is 23.8 Å². The predicted molar refractivity (Wildman–Crippen MR) is 137 cm³/mol. The number of aliphatic hydroxyl groups excluding tert-OH is 1. The Balaban J connectivity index is 1.60. The fourth-order valence-electron chi connectivity index (χ4n) is 10.2. The third-order valence-corrected chi connectivity index (χ3v) is 12.0. The van der Waals surface area contributed by atoms with Crippen molar-refractivity contribution in [1.82, 2.24) is 0 Å². The van der Waals surface area contributed by atoms with Crippen LogP contribution in [0.1, 0.15) is 98.8 Å². The molecule has 0 aliphatic heterocycles. The van der Waals surface area contributed by atoms with Crippen molar-refractivity contribution < 1.29 is 24.9 Å². The molecule has 0 heterocycles. The lowest BCUT2D eigenvalue weighted by atomic mass is 9.43. The Hall–Kier alpha value is -1.62. The molecular weight excluding hydrogens is 440 g/mol. The van der Waals surface area contributed by atoms with Crippen molar-refractivity contribution in [2.75, 3.05) is 0 Å². The summed E-state index contributed by atoms with van der Waals surface area (Å²) in [5.74, 6) is -0.0541. The first-order valence-electron chi connectivity index (χ1n) is 13.7. The Bertz CT molecular complexity index is 937. The zero-order valence-electron chi connectivity index (χ0n) is 22.4. The molecular formula is C30H46O5. The minimum Gasteiger partial charge on any atom is -0.481 e. The molecule has 4 rings (SSSR count). The van der Waals surface area contributed by atoms with E-state index in [9.17, 15) is 19.8 Å². The van der Waals surface area contributed by atoms with E-state index < -0.39 is 18.0 Å². The fraction of sp³-hybridized carbons (Fsp3) is 0.800. The van der Waals surface area contributed by atoms with Gasteiger partial charge in [-0.15, -0.1) is 0 Å². The quantitative estimate of drug-likeness (QED) is 0.257. The highest BCUT2D eigenvalue weighted by Gasteiger charge is 2.81. The predicted octanol–water partition coefficient (Wildman–Crippen LogP) is 6.46. The van der Waals surface area contributed by atoms with Crippen LogP contribution in [0.25, 0.3) is 0 Å². The molecule has 0 aromatic carbocycles. The molecule has 9 atom stereocenters. The minimum absolute atomic E-state index is 0.00596. The lowest BCUT2D eigenvalue weighted by molar-refractivity contribution is -0.150. The molecule has 35 heavy (non-hydrogen) atoms. The summed E-state index contributed by atoms with van der Waals surface area (Å²) in [5.41, 5.74) is 1.77. The van der Waals surface area contributed by atoms with Crippen LogP contribution in [0.15, 0.2) is 23.8 Å². The molecule has 0 saturated heterocycles. The molecule has 1 spiro atoms. The summed E-state index contributed by atoms with van der Waals surface area (Å²) in [4.78, 5) is 22.7. The van der Waals surface area contributed by atoms with Crippen LogP contribution in [0.5, 0.6) is 0 Å². The Morgan fingerprint density at radius 1 is 1.11 bits per heavy atom. The summed E-state index contributed by atoms with van der Waals surface area (Å²) in [6.45, 7) is 15.2. The lowest BCUT2D eigenvalue weighted by Crippen LogP contribution is -2.57. The summed E-state index contributed by atoms with van der Waals surface area (Å²) < 4.78 is 0. The monoisotopic (exact) mass is 486 g/mol. The molecule has 4 saturated carbocycles. The summed E-state index contributed by atoms with van der Waals surface area (Å²) in [5, 5.41) is 30.1. The number of allylic oxidation sites excluding steroid dienone is 1. The summed E-state index contributed by atoms with van der Waals surface area (Å²) in [6.07, 6.45) is 10.5. The first-order valence-corrected chi connectivity index (χ1v) is 13.7. The highest BCUT2D eigenvalue weighted by molar-refractivity contribution is 5.85. The molecule has 4 aliphatic rings. The van der Waals surface area contributed by atoms with Gasteiger partial charge in [0.25, 0.3) is 0 Å².